The zero-order valence-electron chi connectivity index (χ0n) is 11.5. The Morgan fingerprint density at radius 1 is 1.35 bits per heavy atom. The Morgan fingerprint density at radius 2 is 2.20 bits per heavy atom. The van der Waals surface area contributed by atoms with Crippen LogP contribution in [0.4, 0.5) is 11.5 Å². The number of nitrogens with one attached hydrogen (secondary N) is 1. The summed E-state index contributed by atoms with van der Waals surface area (Å²) in [6, 6.07) is 7.60. The van der Waals surface area contributed by atoms with Crippen LogP contribution in [0, 0.1) is 0 Å². The number of aromatic amines is 1. The second kappa shape index (κ2) is 5.00. The Morgan fingerprint density at radius 3 is 3.00 bits per heavy atom. The van der Waals surface area contributed by atoms with Crippen molar-refractivity contribution in [3.63, 3.8) is 0 Å². The van der Waals surface area contributed by atoms with Crippen molar-refractivity contribution >= 4 is 11.5 Å². The lowest BCUT2D eigenvalue weighted by atomic mass is 9.99. The van der Waals surface area contributed by atoms with E-state index < -0.39 is 0 Å². The van der Waals surface area contributed by atoms with Crippen LogP contribution in [0.1, 0.15) is 23.9 Å². The molecule has 3 rings (SSSR count). The lowest BCUT2D eigenvalue weighted by molar-refractivity contribution is 0.713. The molecular formula is C15H18N4O. The van der Waals surface area contributed by atoms with Crippen LogP contribution in [0.5, 0.6) is 0 Å². The van der Waals surface area contributed by atoms with Gasteiger partial charge in [-0.25, -0.2) is 4.98 Å². The van der Waals surface area contributed by atoms with Gasteiger partial charge < -0.3 is 15.6 Å². The number of rotatable bonds is 2. The monoisotopic (exact) mass is 270 g/mol. The summed E-state index contributed by atoms with van der Waals surface area (Å²) in [7, 11) is 0. The third-order valence-electron chi connectivity index (χ3n) is 3.68. The molecule has 0 atom stereocenters. The number of aryl methyl sites for hydroxylation is 1. The molecule has 1 aromatic carbocycles. The van der Waals surface area contributed by atoms with Gasteiger partial charge in [0, 0.05) is 31.3 Å². The highest BCUT2D eigenvalue weighted by Crippen LogP contribution is 2.24. The molecule has 1 aromatic heterocycles. The van der Waals surface area contributed by atoms with Gasteiger partial charge >= 0.3 is 0 Å². The van der Waals surface area contributed by atoms with Gasteiger partial charge in [-0.1, -0.05) is 13.0 Å². The zero-order valence-corrected chi connectivity index (χ0v) is 11.5. The van der Waals surface area contributed by atoms with Crippen LogP contribution in [0.15, 0.2) is 29.1 Å². The first-order valence-corrected chi connectivity index (χ1v) is 6.88. The molecule has 0 radical (unpaired) electrons. The maximum absolute atomic E-state index is 11.7. The molecule has 2 aromatic rings. The Bertz CT molecular complexity index is 693. The van der Waals surface area contributed by atoms with Crippen molar-refractivity contribution in [3.8, 4) is 0 Å². The zero-order chi connectivity index (χ0) is 14.1. The number of aromatic nitrogens is 2. The molecule has 3 N–H and O–H groups in total. The van der Waals surface area contributed by atoms with Crippen molar-refractivity contribution < 1.29 is 0 Å². The molecule has 0 bridgehead atoms. The number of H-pyrrole nitrogens is 1. The van der Waals surface area contributed by atoms with E-state index in [2.05, 4.69) is 20.9 Å². The Balaban J connectivity index is 1.93. The molecule has 20 heavy (non-hydrogen) atoms. The molecule has 1 aliphatic rings. The van der Waals surface area contributed by atoms with Gasteiger partial charge in [-0.15, -0.1) is 0 Å². The van der Waals surface area contributed by atoms with E-state index in [1.165, 1.54) is 11.1 Å². The quantitative estimate of drug-likeness (QED) is 0.810. The maximum atomic E-state index is 11.7. The summed E-state index contributed by atoms with van der Waals surface area (Å²) in [4.78, 5) is 21.1. The predicted octanol–water partition coefficient (Wildman–Crippen LogP) is 1.48. The molecule has 0 spiro atoms. The van der Waals surface area contributed by atoms with Gasteiger partial charge in [0.1, 0.15) is 11.6 Å². The summed E-state index contributed by atoms with van der Waals surface area (Å²) < 4.78 is 0. The SMILES string of the molecule is CCc1nc(N2CCc3ccc(N)cc3C2)cc(=O)[nH]1. The normalized spacial score (nSPS) is 14.2. The van der Waals surface area contributed by atoms with E-state index in [1.54, 1.807) is 6.07 Å². The van der Waals surface area contributed by atoms with Gasteiger partial charge in [0.2, 0.25) is 0 Å². The summed E-state index contributed by atoms with van der Waals surface area (Å²) in [5.74, 6) is 1.48. The van der Waals surface area contributed by atoms with Crippen LogP contribution in [-0.4, -0.2) is 16.5 Å². The highest BCUT2D eigenvalue weighted by atomic mass is 16.1. The van der Waals surface area contributed by atoms with Gasteiger partial charge in [0.25, 0.3) is 5.56 Å². The Kier molecular flexibility index (Phi) is 3.18. The molecule has 0 aliphatic carbocycles. The fraction of sp³-hybridized carbons (Fsp3) is 0.333. The standard InChI is InChI=1S/C15H18N4O/c1-2-13-17-14(8-15(20)18-13)19-6-5-10-3-4-12(16)7-11(10)9-19/h3-4,7-8H,2,5-6,9,16H2,1H3,(H,17,18,20). The molecule has 5 nitrogen and oxygen atoms in total. The molecule has 2 heterocycles. The molecule has 5 heteroatoms. The third-order valence-corrected chi connectivity index (χ3v) is 3.68. The van der Waals surface area contributed by atoms with Gasteiger partial charge in [0.05, 0.1) is 0 Å². The van der Waals surface area contributed by atoms with Crippen LogP contribution in [0.2, 0.25) is 0 Å². The molecule has 0 saturated heterocycles. The van der Waals surface area contributed by atoms with Crippen molar-refractivity contribution in [3.05, 3.63) is 51.6 Å². The second-order valence-corrected chi connectivity index (χ2v) is 5.10. The Hall–Kier alpha value is -2.30. The number of nitrogens with two attached hydrogens (primary N) is 1. The van der Waals surface area contributed by atoms with E-state index >= 15 is 0 Å². The van der Waals surface area contributed by atoms with E-state index in [4.69, 9.17) is 5.73 Å². The molecule has 0 unspecified atom stereocenters. The summed E-state index contributed by atoms with van der Waals surface area (Å²) >= 11 is 0. The summed E-state index contributed by atoms with van der Waals surface area (Å²) in [6.45, 7) is 3.60. The third kappa shape index (κ3) is 2.39. The summed E-state index contributed by atoms with van der Waals surface area (Å²) in [5.41, 5.74) is 9.08. The van der Waals surface area contributed by atoms with Crippen molar-refractivity contribution in [2.24, 2.45) is 0 Å². The number of nitrogen functional groups attached to an aromatic ring is 1. The first-order chi connectivity index (χ1) is 9.65. The lowest BCUT2D eigenvalue weighted by Gasteiger charge is -2.30. The number of hydrogen-bond donors (Lipinski definition) is 2. The first kappa shape index (κ1) is 12.7. The molecular weight excluding hydrogens is 252 g/mol. The largest absolute Gasteiger partial charge is 0.399 e. The van der Waals surface area contributed by atoms with Crippen LogP contribution in [0.3, 0.4) is 0 Å². The highest BCUT2D eigenvalue weighted by molar-refractivity contribution is 5.49. The van der Waals surface area contributed by atoms with Gasteiger partial charge in [-0.3, -0.25) is 4.79 Å². The fourth-order valence-electron chi connectivity index (χ4n) is 2.60. The van der Waals surface area contributed by atoms with Crippen LogP contribution < -0.4 is 16.2 Å². The van der Waals surface area contributed by atoms with Crippen molar-refractivity contribution in [1.29, 1.82) is 0 Å². The van der Waals surface area contributed by atoms with E-state index in [9.17, 15) is 4.79 Å². The van der Waals surface area contributed by atoms with Crippen molar-refractivity contribution in [2.45, 2.75) is 26.3 Å². The van der Waals surface area contributed by atoms with Crippen molar-refractivity contribution in [1.82, 2.24) is 9.97 Å². The average Bonchev–Trinajstić information content (AvgIpc) is 2.45. The number of fused-ring (bicyclic) bond motifs is 1. The first-order valence-electron chi connectivity index (χ1n) is 6.88. The average molecular weight is 270 g/mol. The van der Waals surface area contributed by atoms with Gasteiger partial charge in [0.15, 0.2) is 0 Å². The van der Waals surface area contributed by atoms with Crippen LogP contribution in [-0.2, 0) is 19.4 Å². The number of nitrogens with zero attached hydrogens (tertiary/aromatic N) is 2. The molecule has 0 amide bonds. The fourth-order valence-corrected chi connectivity index (χ4v) is 2.60. The van der Waals surface area contributed by atoms with Crippen LogP contribution in [0.25, 0.3) is 0 Å². The minimum absolute atomic E-state index is 0.0924. The smallest absolute Gasteiger partial charge is 0.252 e. The maximum Gasteiger partial charge on any atom is 0.252 e. The molecule has 0 fully saturated rings. The van der Waals surface area contributed by atoms with Gasteiger partial charge in [-0.2, -0.15) is 0 Å². The Labute approximate surface area is 117 Å². The predicted molar refractivity (Wildman–Crippen MR) is 79.8 cm³/mol. The van der Waals surface area contributed by atoms with Gasteiger partial charge in [-0.05, 0) is 29.7 Å². The van der Waals surface area contributed by atoms with Crippen molar-refractivity contribution in [2.75, 3.05) is 17.2 Å². The minimum atomic E-state index is -0.0924. The second-order valence-electron chi connectivity index (χ2n) is 5.10. The lowest BCUT2D eigenvalue weighted by Crippen LogP contribution is -2.32. The summed E-state index contributed by atoms with van der Waals surface area (Å²) in [5, 5.41) is 0. The molecule has 104 valence electrons. The minimum Gasteiger partial charge on any atom is -0.399 e. The summed E-state index contributed by atoms with van der Waals surface area (Å²) in [6.07, 6.45) is 1.67. The number of benzene rings is 1. The van der Waals surface area contributed by atoms with E-state index in [1.807, 2.05) is 19.1 Å². The highest BCUT2D eigenvalue weighted by Gasteiger charge is 2.18. The van der Waals surface area contributed by atoms with Crippen LogP contribution >= 0.6 is 0 Å². The van der Waals surface area contributed by atoms with E-state index in [0.29, 0.717) is 0 Å². The topological polar surface area (TPSA) is 75.0 Å². The number of anilines is 2. The molecule has 1 aliphatic heterocycles. The number of hydrogen-bond acceptors (Lipinski definition) is 4. The molecule has 0 saturated carbocycles. The van der Waals surface area contributed by atoms with E-state index in [0.717, 1.165) is 43.3 Å². The van der Waals surface area contributed by atoms with E-state index in [-0.39, 0.29) is 5.56 Å².